The molecule has 0 aliphatic rings. The zero-order valence-electron chi connectivity index (χ0n) is 7.73. The van der Waals surface area contributed by atoms with Gasteiger partial charge in [-0.1, -0.05) is 6.07 Å². The van der Waals surface area contributed by atoms with Crippen LogP contribution in [-0.2, 0) is 11.2 Å². The molecule has 14 heavy (non-hydrogen) atoms. The zero-order chi connectivity index (χ0) is 10.2. The molecular weight excluding hydrogens is 178 g/mol. The van der Waals surface area contributed by atoms with Crippen LogP contribution in [0.1, 0.15) is 12.1 Å². The highest BCUT2D eigenvalue weighted by molar-refractivity contribution is 5.78. The Morgan fingerprint density at radius 1 is 1.57 bits per heavy atom. The van der Waals surface area contributed by atoms with Gasteiger partial charge >= 0.3 is 0 Å². The lowest BCUT2D eigenvalue weighted by atomic mass is 10.2. The standard InChI is InChI=1S/C10H11N3O/c11-5-3-7-13-10(14)8-9-4-1-2-6-12-9/h1-2,4,6H,3,7-8H2,(H,13,14). The van der Waals surface area contributed by atoms with Gasteiger partial charge in [0.05, 0.1) is 18.9 Å². The number of nitrogens with one attached hydrogen (secondary N) is 1. The first kappa shape index (κ1) is 10.2. The van der Waals surface area contributed by atoms with Gasteiger partial charge in [-0.25, -0.2) is 0 Å². The summed E-state index contributed by atoms with van der Waals surface area (Å²) in [7, 11) is 0. The number of rotatable bonds is 4. The van der Waals surface area contributed by atoms with Gasteiger partial charge in [-0.15, -0.1) is 0 Å². The molecule has 0 unspecified atom stereocenters. The molecule has 0 fully saturated rings. The summed E-state index contributed by atoms with van der Waals surface area (Å²) in [5.41, 5.74) is 0.738. The Kier molecular flexibility index (Phi) is 4.15. The third kappa shape index (κ3) is 3.68. The van der Waals surface area contributed by atoms with Gasteiger partial charge in [-0.2, -0.15) is 5.26 Å². The maximum absolute atomic E-state index is 11.2. The summed E-state index contributed by atoms with van der Waals surface area (Å²) in [5.74, 6) is -0.0982. The lowest BCUT2D eigenvalue weighted by Gasteiger charge is -2.01. The van der Waals surface area contributed by atoms with E-state index < -0.39 is 0 Å². The van der Waals surface area contributed by atoms with E-state index in [2.05, 4.69) is 10.3 Å². The molecule has 0 spiro atoms. The van der Waals surface area contributed by atoms with Gasteiger partial charge < -0.3 is 5.32 Å². The Balaban J connectivity index is 2.32. The first-order valence-corrected chi connectivity index (χ1v) is 4.36. The molecule has 0 atom stereocenters. The summed E-state index contributed by atoms with van der Waals surface area (Å²) < 4.78 is 0. The number of nitrogens with zero attached hydrogens (tertiary/aromatic N) is 2. The molecule has 0 aromatic carbocycles. The Labute approximate surface area is 82.6 Å². The van der Waals surface area contributed by atoms with Crippen LogP contribution in [0.4, 0.5) is 0 Å². The van der Waals surface area contributed by atoms with Crippen molar-refractivity contribution in [3.63, 3.8) is 0 Å². The number of pyridine rings is 1. The zero-order valence-corrected chi connectivity index (χ0v) is 7.73. The summed E-state index contributed by atoms with van der Waals surface area (Å²) in [6, 6.07) is 7.39. The maximum Gasteiger partial charge on any atom is 0.226 e. The van der Waals surface area contributed by atoms with Crippen LogP contribution in [0.5, 0.6) is 0 Å². The van der Waals surface area contributed by atoms with Gasteiger partial charge in [-0.3, -0.25) is 9.78 Å². The van der Waals surface area contributed by atoms with E-state index in [1.54, 1.807) is 18.3 Å². The number of carbonyl (C=O) groups is 1. The van der Waals surface area contributed by atoms with Gasteiger partial charge in [0.1, 0.15) is 0 Å². The molecule has 4 nitrogen and oxygen atoms in total. The predicted octanol–water partition coefficient (Wildman–Crippen LogP) is 0.654. The van der Waals surface area contributed by atoms with E-state index in [-0.39, 0.29) is 12.3 Å². The van der Waals surface area contributed by atoms with Crippen molar-refractivity contribution in [2.24, 2.45) is 0 Å². The van der Waals surface area contributed by atoms with E-state index in [9.17, 15) is 4.79 Å². The molecule has 0 aliphatic heterocycles. The summed E-state index contributed by atoms with van der Waals surface area (Å²) in [4.78, 5) is 15.2. The van der Waals surface area contributed by atoms with Crippen LogP contribution in [0, 0.1) is 11.3 Å². The van der Waals surface area contributed by atoms with Gasteiger partial charge in [0, 0.05) is 18.4 Å². The average Bonchev–Trinajstić information content (AvgIpc) is 2.20. The molecule has 1 rings (SSSR count). The highest BCUT2D eigenvalue weighted by Gasteiger charge is 2.02. The summed E-state index contributed by atoms with van der Waals surface area (Å²) in [6.07, 6.45) is 2.26. The monoisotopic (exact) mass is 189 g/mol. The quantitative estimate of drug-likeness (QED) is 0.707. The molecule has 1 heterocycles. The molecule has 1 N–H and O–H groups in total. The molecular formula is C10H11N3O. The van der Waals surface area contributed by atoms with Crippen molar-refractivity contribution >= 4 is 5.91 Å². The minimum absolute atomic E-state index is 0.0982. The highest BCUT2D eigenvalue weighted by atomic mass is 16.1. The van der Waals surface area contributed by atoms with Crippen LogP contribution in [-0.4, -0.2) is 17.4 Å². The van der Waals surface area contributed by atoms with Gasteiger partial charge in [0.15, 0.2) is 0 Å². The largest absolute Gasteiger partial charge is 0.355 e. The molecule has 0 saturated carbocycles. The molecule has 1 aromatic rings. The van der Waals surface area contributed by atoms with E-state index in [0.29, 0.717) is 13.0 Å². The molecule has 1 amide bonds. The topological polar surface area (TPSA) is 65.8 Å². The summed E-state index contributed by atoms with van der Waals surface area (Å²) in [6.45, 7) is 0.405. The number of hydrogen-bond donors (Lipinski definition) is 1. The lowest BCUT2D eigenvalue weighted by Crippen LogP contribution is -2.26. The summed E-state index contributed by atoms with van der Waals surface area (Å²) >= 11 is 0. The lowest BCUT2D eigenvalue weighted by molar-refractivity contribution is -0.120. The van der Waals surface area contributed by atoms with E-state index >= 15 is 0 Å². The van der Waals surface area contributed by atoms with Crippen molar-refractivity contribution in [2.75, 3.05) is 6.54 Å². The first-order valence-electron chi connectivity index (χ1n) is 4.36. The van der Waals surface area contributed by atoms with Crippen LogP contribution >= 0.6 is 0 Å². The average molecular weight is 189 g/mol. The number of hydrogen-bond acceptors (Lipinski definition) is 3. The van der Waals surface area contributed by atoms with Crippen LogP contribution in [0.2, 0.25) is 0 Å². The van der Waals surface area contributed by atoms with Crippen molar-refractivity contribution < 1.29 is 4.79 Å². The number of aromatic nitrogens is 1. The normalized spacial score (nSPS) is 9.07. The molecule has 1 aromatic heterocycles. The van der Waals surface area contributed by atoms with Gasteiger partial charge in [-0.05, 0) is 12.1 Å². The fourth-order valence-corrected chi connectivity index (χ4v) is 0.988. The van der Waals surface area contributed by atoms with Crippen LogP contribution in [0.15, 0.2) is 24.4 Å². The fraction of sp³-hybridized carbons (Fsp3) is 0.300. The molecule has 0 bridgehead atoms. The predicted molar refractivity (Wildman–Crippen MR) is 51.2 cm³/mol. The van der Waals surface area contributed by atoms with Crippen molar-refractivity contribution in [1.29, 1.82) is 5.26 Å². The Morgan fingerprint density at radius 3 is 3.07 bits per heavy atom. The van der Waals surface area contributed by atoms with Crippen LogP contribution in [0.25, 0.3) is 0 Å². The molecule has 0 saturated heterocycles. The Bertz CT molecular complexity index is 329. The minimum atomic E-state index is -0.0982. The fourth-order valence-electron chi connectivity index (χ4n) is 0.988. The number of nitriles is 1. The Morgan fingerprint density at radius 2 is 2.43 bits per heavy atom. The SMILES string of the molecule is N#CCCNC(=O)Cc1ccccn1. The van der Waals surface area contributed by atoms with E-state index in [1.165, 1.54) is 0 Å². The van der Waals surface area contributed by atoms with E-state index in [4.69, 9.17) is 5.26 Å². The molecule has 0 radical (unpaired) electrons. The molecule has 72 valence electrons. The Hall–Kier alpha value is -1.89. The highest BCUT2D eigenvalue weighted by Crippen LogP contribution is 1.93. The van der Waals surface area contributed by atoms with Gasteiger partial charge in [0.25, 0.3) is 0 Å². The molecule has 4 heteroatoms. The first-order chi connectivity index (χ1) is 6.83. The third-order valence-electron chi connectivity index (χ3n) is 1.63. The second kappa shape index (κ2) is 5.70. The van der Waals surface area contributed by atoms with Crippen molar-refractivity contribution in [2.45, 2.75) is 12.8 Å². The van der Waals surface area contributed by atoms with Crippen LogP contribution < -0.4 is 5.32 Å². The second-order valence-corrected chi connectivity index (χ2v) is 2.76. The smallest absolute Gasteiger partial charge is 0.226 e. The van der Waals surface area contributed by atoms with E-state index in [1.807, 2.05) is 12.1 Å². The van der Waals surface area contributed by atoms with Crippen LogP contribution in [0.3, 0.4) is 0 Å². The second-order valence-electron chi connectivity index (χ2n) is 2.76. The molecule has 0 aliphatic carbocycles. The van der Waals surface area contributed by atoms with Crippen molar-refractivity contribution in [3.8, 4) is 6.07 Å². The maximum atomic E-state index is 11.2. The summed E-state index contributed by atoms with van der Waals surface area (Å²) in [5, 5.41) is 10.9. The minimum Gasteiger partial charge on any atom is -0.355 e. The number of carbonyl (C=O) groups excluding carboxylic acids is 1. The number of amides is 1. The van der Waals surface area contributed by atoms with E-state index in [0.717, 1.165) is 5.69 Å². The third-order valence-corrected chi connectivity index (χ3v) is 1.63. The van der Waals surface area contributed by atoms with Crippen molar-refractivity contribution in [3.05, 3.63) is 30.1 Å². The van der Waals surface area contributed by atoms with Crippen molar-refractivity contribution in [1.82, 2.24) is 10.3 Å². The van der Waals surface area contributed by atoms with Gasteiger partial charge in [0.2, 0.25) is 5.91 Å².